The van der Waals surface area contributed by atoms with E-state index in [-0.39, 0.29) is 0 Å². The third kappa shape index (κ3) is 3.94. The van der Waals surface area contributed by atoms with Crippen LogP contribution in [0.25, 0.3) is 0 Å². The summed E-state index contributed by atoms with van der Waals surface area (Å²) >= 11 is 0. The first-order chi connectivity index (χ1) is 8.20. The number of likely N-dealkylation sites (N-methyl/N-ethyl adjacent to an activating group) is 1. The summed E-state index contributed by atoms with van der Waals surface area (Å²) < 4.78 is 0. The van der Waals surface area contributed by atoms with E-state index < -0.39 is 0 Å². The Kier molecular flexibility index (Phi) is 4.83. The lowest BCUT2D eigenvalue weighted by atomic mass is 10.0. The van der Waals surface area contributed by atoms with E-state index in [1.54, 1.807) is 0 Å². The van der Waals surface area contributed by atoms with Crippen LogP contribution < -0.4 is 5.32 Å². The Morgan fingerprint density at radius 1 is 1.24 bits per heavy atom. The molecule has 0 bridgehead atoms. The fourth-order valence-electron chi connectivity index (χ4n) is 2.77. The van der Waals surface area contributed by atoms with Crippen molar-refractivity contribution in [2.24, 2.45) is 0 Å². The van der Waals surface area contributed by atoms with Gasteiger partial charge in [-0.25, -0.2) is 0 Å². The number of piperidine rings is 1. The van der Waals surface area contributed by atoms with Crippen LogP contribution in [0.15, 0.2) is 0 Å². The number of hydrogen-bond donors (Lipinski definition) is 1. The molecular formula is C14H29N3. The summed E-state index contributed by atoms with van der Waals surface area (Å²) in [7, 11) is 2.31. The molecule has 0 radical (unpaired) electrons. The molecule has 0 amide bonds. The number of rotatable bonds is 6. The van der Waals surface area contributed by atoms with E-state index in [4.69, 9.17) is 0 Å². The van der Waals surface area contributed by atoms with E-state index >= 15 is 0 Å². The molecule has 2 aliphatic rings. The van der Waals surface area contributed by atoms with E-state index in [0.29, 0.717) is 6.04 Å². The van der Waals surface area contributed by atoms with Crippen molar-refractivity contribution in [1.29, 1.82) is 0 Å². The largest absolute Gasteiger partial charge is 0.312 e. The second-order valence-corrected chi connectivity index (χ2v) is 5.86. The number of nitrogens with one attached hydrogen (secondary N) is 1. The topological polar surface area (TPSA) is 18.5 Å². The molecule has 1 saturated heterocycles. The zero-order chi connectivity index (χ0) is 12.3. The zero-order valence-corrected chi connectivity index (χ0v) is 11.8. The number of nitrogens with zero attached hydrogens (tertiary/aromatic N) is 2. The molecule has 100 valence electrons. The van der Waals surface area contributed by atoms with E-state index in [1.807, 2.05) is 0 Å². The fraction of sp³-hybridized carbons (Fsp3) is 1.00. The van der Waals surface area contributed by atoms with Gasteiger partial charge in [-0.15, -0.1) is 0 Å². The molecule has 17 heavy (non-hydrogen) atoms. The Morgan fingerprint density at radius 3 is 2.41 bits per heavy atom. The van der Waals surface area contributed by atoms with Crippen molar-refractivity contribution in [2.45, 2.75) is 57.7 Å². The first-order valence-electron chi connectivity index (χ1n) is 7.38. The maximum atomic E-state index is 3.64. The summed E-state index contributed by atoms with van der Waals surface area (Å²) in [6.45, 7) is 9.58. The second-order valence-electron chi connectivity index (χ2n) is 5.86. The predicted octanol–water partition coefficient (Wildman–Crippen LogP) is 1.54. The van der Waals surface area contributed by atoms with E-state index in [2.05, 4.69) is 36.0 Å². The Balaban J connectivity index is 1.68. The fourth-order valence-corrected chi connectivity index (χ4v) is 2.77. The zero-order valence-electron chi connectivity index (χ0n) is 11.8. The first kappa shape index (κ1) is 13.3. The van der Waals surface area contributed by atoms with Crippen molar-refractivity contribution < 1.29 is 0 Å². The lowest BCUT2D eigenvalue weighted by Crippen LogP contribution is -2.49. The van der Waals surface area contributed by atoms with Crippen molar-refractivity contribution in [2.75, 3.05) is 33.2 Å². The predicted molar refractivity (Wildman–Crippen MR) is 73.4 cm³/mol. The standard InChI is InChI=1S/C14H29N3/c1-4-17-9-7-14(8-10-17)16(3)12(2)11-15-13-5-6-13/h12-15H,4-11H2,1-3H3. The molecule has 0 spiro atoms. The van der Waals surface area contributed by atoms with Crippen LogP contribution in [0.5, 0.6) is 0 Å². The third-order valence-electron chi connectivity index (χ3n) is 4.55. The lowest BCUT2D eigenvalue weighted by Gasteiger charge is -2.39. The minimum atomic E-state index is 0.675. The van der Waals surface area contributed by atoms with Gasteiger partial charge in [0.2, 0.25) is 0 Å². The van der Waals surface area contributed by atoms with Crippen molar-refractivity contribution in [3.63, 3.8) is 0 Å². The van der Waals surface area contributed by atoms with Crippen molar-refractivity contribution >= 4 is 0 Å². The van der Waals surface area contributed by atoms with E-state index in [9.17, 15) is 0 Å². The molecule has 2 fully saturated rings. The van der Waals surface area contributed by atoms with E-state index in [0.717, 1.165) is 18.6 Å². The van der Waals surface area contributed by atoms with Gasteiger partial charge in [0.05, 0.1) is 0 Å². The van der Waals surface area contributed by atoms with Crippen LogP contribution in [0.2, 0.25) is 0 Å². The summed E-state index contributed by atoms with van der Waals surface area (Å²) in [6, 6.07) is 2.32. The maximum Gasteiger partial charge on any atom is 0.0192 e. The van der Waals surface area contributed by atoms with Gasteiger partial charge < -0.3 is 10.2 Å². The molecule has 3 nitrogen and oxygen atoms in total. The van der Waals surface area contributed by atoms with Gasteiger partial charge in [-0.05, 0) is 59.3 Å². The molecule has 1 N–H and O–H groups in total. The number of hydrogen-bond acceptors (Lipinski definition) is 3. The summed E-state index contributed by atoms with van der Waals surface area (Å²) in [4.78, 5) is 5.17. The first-order valence-corrected chi connectivity index (χ1v) is 7.38. The van der Waals surface area contributed by atoms with Crippen molar-refractivity contribution in [1.82, 2.24) is 15.1 Å². The highest BCUT2D eigenvalue weighted by Crippen LogP contribution is 2.20. The summed E-state index contributed by atoms with van der Waals surface area (Å²) in [5.41, 5.74) is 0. The Hall–Kier alpha value is -0.120. The summed E-state index contributed by atoms with van der Waals surface area (Å²) in [5.74, 6) is 0. The Bertz CT molecular complexity index is 220. The lowest BCUT2D eigenvalue weighted by molar-refractivity contribution is 0.104. The van der Waals surface area contributed by atoms with Gasteiger partial charge in [0.1, 0.15) is 0 Å². The van der Waals surface area contributed by atoms with Gasteiger partial charge in [-0.2, -0.15) is 0 Å². The summed E-state index contributed by atoms with van der Waals surface area (Å²) in [6.07, 6.45) is 5.48. The van der Waals surface area contributed by atoms with Crippen LogP contribution in [-0.2, 0) is 0 Å². The second kappa shape index (κ2) is 6.17. The molecular weight excluding hydrogens is 210 g/mol. The average Bonchev–Trinajstić information content (AvgIpc) is 3.19. The average molecular weight is 239 g/mol. The van der Waals surface area contributed by atoms with Gasteiger partial charge in [0.25, 0.3) is 0 Å². The molecule has 1 unspecified atom stereocenters. The highest BCUT2D eigenvalue weighted by atomic mass is 15.2. The highest BCUT2D eigenvalue weighted by molar-refractivity contribution is 4.85. The molecule has 1 aliphatic carbocycles. The Morgan fingerprint density at radius 2 is 1.88 bits per heavy atom. The number of likely N-dealkylation sites (tertiary alicyclic amines) is 1. The molecule has 1 saturated carbocycles. The van der Waals surface area contributed by atoms with Crippen LogP contribution in [-0.4, -0.2) is 61.2 Å². The van der Waals surface area contributed by atoms with Gasteiger partial charge >= 0.3 is 0 Å². The van der Waals surface area contributed by atoms with Crippen LogP contribution in [0.4, 0.5) is 0 Å². The van der Waals surface area contributed by atoms with Crippen molar-refractivity contribution in [3.8, 4) is 0 Å². The van der Waals surface area contributed by atoms with Gasteiger partial charge in [0, 0.05) is 24.7 Å². The minimum absolute atomic E-state index is 0.675. The van der Waals surface area contributed by atoms with Crippen molar-refractivity contribution in [3.05, 3.63) is 0 Å². The van der Waals surface area contributed by atoms with Crippen LogP contribution in [0.3, 0.4) is 0 Å². The van der Waals surface area contributed by atoms with Crippen LogP contribution in [0, 0.1) is 0 Å². The smallest absolute Gasteiger partial charge is 0.0192 e. The molecule has 3 heteroatoms. The normalized spacial score (nSPS) is 25.4. The summed E-state index contributed by atoms with van der Waals surface area (Å²) in [5, 5.41) is 3.64. The molecule has 2 rings (SSSR count). The van der Waals surface area contributed by atoms with Crippen LogP contribution in [0.1, 0.15) is 39.5 Å². The van der Waals surface area contributed by atoms with E-state index in [1.165, 1.54) is 45.3 Å². The highest BCUT2D eigenvalue weighted by Gasteiger charge is 2.26. The molecule has 0 aromatic heterocycles. The van der Waals surface area contributed by atoms with Gasteiger partial charge in [0.15, 0.2) is 0 Å². The quantitative estimate of drug-likeness (QED) is 0.758. The molecule has 1 heterocycles. The third-order valence-corrected chi connectivity index (χ3v) is 4.55. The maximum absolute atomic E-state index is 3.64. The Labute approximate surface area is 107 Å². The molecule has 1 atom stereocenters. The van der Waals surface area contributed by atoms with Gasteiger partial charge in [-0.3, -0.25) is 4.90 Å². The SMILES string of the molecule is CCN1CCC(N(C)C(C)CNC2CC2)CC1. The molecule has 0 aromatic rings. The molecule has 1 aliphatic heterocycles. The van der Waals surface area contributed by atoms with Gasteiger partial charge in [-0.1, -0.05) is 6.92 Å². The molecule has 0 aromatic carbocycles. The van der Waals surface area contributed by atoms with Crippen LogP contribution >= 0.6 is 0 Å². The monoisotopic (exact) mass is 239 g/mol. The minimum Gasteiger partial charge on any atom is -0.312 e.